The molecule has 2 aromatic carbocycles. The van der Waals surface area contributed by atoms with E-state index in [0.29, 0.717) is 0 Å². The van der Waals surface area contributed by atoms with E-state index in [1.807, 2.05) is 18.5 Å². The molecule has 0 fully saturated rings. The Labute approximate surface area is 153 Å². The molecule has 0 bridgehead atoms. The standard InChI is InChI=1S/C16H11N3.2CH3NO2/c1-2-6-14-13(4-1)16-12(5-3-7-15(16)19-14)11-8-17-10-18-9-11;2*2-1(3)4/h1-10,19H;2*2H2,(H,3,4). The molecule has 4 aromatic rings. The number of hydrogen-bond acceptors (Lipinski definition) is 4. The molecule has 2 amide bonds. The minimum Gasteiger partial charge on any atom is -0.465 e. The number of fused-ring (bicyclic) bond motifs is 3. The minimum absolute atomic E-state index is 1.04. The molecule has 0 radical (unpaired) electrons. The van der Waals surface area contributed by atoms with Crippen LogP contribution in [0.2, 0.25) is 0 Å². The van der Waals surface area contributed by atoms with Crippen molar-refractivity contribution in [2.75, 3.05) is 0 Å². The summed E-state index contributed by atoms with van der Waals surface area (Å²) in [5, 5.41) is 16.9. The van der Waals surface area contributed by atoms with E-state index in [1.54, 1.807) is 6.33 Å². The number of nitrogens with one attached hydrogen (secondary N) is 1. The smallest absolute Gasteiger partial charge is 0.402 e. The lowest BCUT2D eigenvalue weighted by atomic mass is 10.0. The van der Waals surface area contributed by atoms with E-state index in [4.69, 9.17) is 19.8 Å². The van der Waals surface area contributed by atoms with Crippen LogP contribution in [0, 0.1) is 0 Å². The van der Waals surface area contributed by atoms with Crippen LogP contribution in [0.3, 0.4) is 0 Å². The maximum atomic E-state index is 8.78. The van der Waals surface area contributed by atoms with Crippen LogP contribution < -0.4 is 11.5 Å². The average molecular weight is 367 g/mol. The minimum atomic E-state index is -1.33. The predicted octanol–water partition coefficient (Wildman–Crippen LogP) is 3.02. The molecular formula is C18H17N5O4. The van der Waals surface area contributed by atoms with Gasteiger partial charge in [0.15, 0.2) is 0 Å². The molecule has 2 heterocycles. The molecule has 27 heavy (non-hydrogen) atoms. The van der Waals surface area contributed by atoms with Crippen molar-refractivity contribution >= 4 is 34.0 Å². The zero-order valence-electron chi connectivity index (χ0n) is 14.0. The molecule has 0 unspecified atom stereocenters. The molecule has 0 saturated carbocycles. The summed E-state index contributed by atoms with van der Waals surface area (Å²) in [4.78, 5) is 29.2. The van der Waals surface area contributed by atoms with Crippen molar-refractivity contribution in [2.24, 2.45) is 11.5 Å². The van der Waals surface area contributed by atoms with Crippen molar-refractivity contribution in [1.82, 2.24) is 15.0 Å². The summed E-state index contributed by atoms with van der Waals surface area (Å²) < 4.78 is 0. The van der Waals surface area contributed by atoms with Crippen molar-refractivity contribution in [1.29, 1.82) is 0 Å². The normalized spacial score (nSPS) is 9.63. The van der Waals surface area contributed by atoms with E-state index in [0.717, 1.165) is 22.2 Å². The number of para-hydroxylation sites is 1. The number of rotatable bonds is 1. The van der Waals surface area contributed by atoms with Gasteiger partial charge in [-0.3, -0.25) is 0 Å². The van der Waals surface area contributed by atoms with Crippen LogP contribution in [0.25, 0.3) is 32.9 Å². The van der Waals surface area contributed by atoms with Gasteiger partial charge in [-0.15, -0.1) is 0 Å². The predicted molar refractivity (Wildman–Crippen MR) is 101 cm³/mol. The molecule has 9 nitrogen and oxygen atoms in total. The average Bonchev–Trinajstić information content (AvgIpc) is 3.00. The molecule has 0 aliphatic rings. The van der Waals surface area contributed by atoms with Crippen LogP contribution in [0.5, 0.6) is 0 Å². The fraction of sp³-hybridized carbons (Fsp3) is 0. The monoisotopic (exact) mass is 367 g/mol. The molecule has 0 spiro atoms. The third-order valence-electron chi connectivity index (χ3n) is 3.40. The number of aromatic nitrogens is 3. The third kappa shape index (κ3) is 5.16. The maximum absolute atomic E-state index is 8.78. The summed E-state index contributed by atoms with van der Waals surface area (Å²) >= 11 is 0. The number of hydrogen-bond donors (Lipinski definition) is 5. The first-order chi connectivity index (χ1) is 12.9. The lowest BCUT2D eigenvalue weighted by Crippen LogP contribution is -2.03. The van der Waals surface area contributed by atoms with E-state index < -0.39 is 12.2 Å². The van der Waals surface area contributed by atoms with Gasteiger partial charge in [0.1, 0.15) is 6.33 Å². The Morgan fingerprint density at radius 2 is 1.41 bits per heavy atom. The Morgan fingerprint density at radius 3 is 2.04 bits per heavy atom. The first-order valence-corrected chi connectivity index (χ1v) is 7.61. The second-order valence-electron chi connectivity index (χ2n) is 5.20. The van der Waals surface area contributed by atoms with Crippen molar-refractivity contribution in [3.05, 3.63) is 61.2 Å². The maximum Gasteiger partial charge on any atom is 0.402 e. The number of H-pyrrole nitrogens is 1. The molecule has 4 rings (SSSR count). The number of amides is 2. The van der Waals surface area contributed by atoms with Crippen LogP contribution >= 0.6 is 0 Å². The highest BCUT2D eigenvalue weighted by Crippen LogP contribution is 2.33. The number of nitrogens with two attached hydrogens (primary N) is 2. The molecule has 2 aromatic heterocycles. The van der Waals surface area contributed by atoms with E-state index in [-0.39, 0.29) is 0 Å². The second kappa shape index (κ2) is 8.81. The number of primary amides is 2. The molecule has 0 atom stereocenters. The largest absolute Gasteiger partial charge is 0.465 e. The Bertz CT molecular complexity index is 1040. The molecular weight excluding hydrogens is 350 g/mol. The van der Waals surface area contributed by atoms with E-state index >= 15 is 0 Å². The van der Waals surface area contributed by atoms with Gasteiger partial charge in [0.05, 0.1) is 0 Å². The highest BCUT2D eigenvalue weighted by molar-refractivity contribution is 6.13. The molecule has 0 aliphatic heterocycles. The molecule has 138 valence electrons. The van der Waals surface area contributed by atoms with Crippen molar-refractivity contribution in [3.63, 3.8) is 0 Å². The summed E-state index contributed by atoms with van der Waals surface area (Å²) in [5.41, 5.74) is 12.6. The summed E-state index contributed by atoms with van der Waals surface area (Å²) in [7, 11) is 0. The highest BCUT2D eigenvalue weighted by Gasteiger charge is 2.09. The van der Waals surface area contributed by atoms with E-state index in [1.165, 1.54) is 10.8 Å². The molecule has 0 saturated heterocycles. The second-order valence-corrected chi connectivity index (χ2v) is 5.20. The van der Waals surface area contributed by atoms with Crippen LogP contribution in [0.4, 0.5) is 9.59 Å². The van der Waals surface area contributed by atoms with Gasteiger partial charge >= 0.3 is 12.2 Å². The quantitative estimate of drug-likeness (QED) is 0.346. The SMILES string of the molecule is NC(=O)O.NC(=O)O.c1ccc2c(c1)[nH]c1cccc(-c3cncnc3)c12. The Hall–Kier alpha value is -4.14. The van der Waals surface area contributed by atoms with Crippen LogP contribution in [0.15, 0.2) is 61.2 Å². The highest BCUT2D eigenvalue weighted by atomic mass is 16.4. The Balaban J connectivity index is 0.000000281. The van der Waals surface area contributed by atoms with Crippen molar-refractivity contribution in [2.45, 2.75) is 0 Å². The van der Waals surface area contributed by atoms with Crippen LogP contribution in [0.1, 0.15) is 0 Å². The summed E-state index contributed by atoms with van der Waals surface area (Å²) in [6.45, 7) is 0. The van der Waals surface area contributed by atoms with E-state index in [9.17, 15) is 0 Å². The fourth-order valence-electron chi connectivity index (χ4n) is 2.58. The lowest BCUT2D eigenvalue weighted by Gasteiger charge is -2.02. The Morgan fingerprint density at radius 1 is 0.852 bits per heavy atom. The van der Waals surface area contributed by atoms with Gasteiger partial charge in [-0.2, -0.15) is 0 Å². The number of carboxylic acid groups (broad SMARTS) is 2. The number of benzene rings is 2. The molecule has 7 N–H and O–H groups in total. The molecule has 0 aliphatic carbocycles. The van der Waals surface area contributed by atoms with Gasteiger partial charge in [-0.25, -0.2) is 19.6 Å². The van der Waals surface area contributed by atoms with Crippen LogP contribution in [-0.4, -0.2) is 37.4 Å². The van der Waals surface area contributed by atoms with Gasteiger partial charge in [0, 0.05) is 39.8 Å². The van der Waals surface area contributed by atoms with Gasteiger partial charge < -0.3 is 26.7 Å². The lowest BCUT2D eigenvalue weighted by molar-refractivity contribution is 0.204. The zero-order valence-corrected chi connectivity index (χ0v) is 14.0. The third-order valence-corrected chi connectivity index (χ3v) is 3.40. The zero-order chi connectivity index (χ0) is 19.8. The summed E-state index contributed by atoms with van der Waals surface area (Å²) in [6, 6.07) is 14.6. The van der Waals surface area contributed by atoms with Crippen molar-refractivity contribution in [3.8, 4) is 11.1 Å². The summed E-state index contributed by atoms with van der Waals surface area (Å²) in [6.07, 6.45) is 2.59. The number of nitrogens with zero attached hydrogens (tertiary/aromatic N) is 2. The van der Waals surface area contributed by atoms with Gasteiger partial charge in [-0.1, -0.05) is 30.3 Å². The van der Waals surface area contributed by atoms with Gasteiger partial charge in [0.25, 0.3) is 0 Å². The first-order valence-electron chi connectivity index (χ1n) is 7.61. The van der Waals surface area contributed by atoms with Gasteiger partial charge in [-0.05, 0) is 17.7 Å². The van der Waals surface area contributed by atoms with Crippen molar-refractivity contribution < 1.29 is 19.8 Å². The first kappa shape index (κ1) is 19.2. The molecule has 9 heteroatoms. The fourth-order valence-corrected chi connectivity index (χ4v) is 2.58. The topological polar surface area (TPSA) is 168 Å². The van der Waals surface area contributed by atoms with Crippen LogP contribution in [-0.2, 0) is 0 Å². The Kier molecular flexibility index (Phi) is 6.26. The van der Waals surface area contributed by atoms with E-state index in [2.05, 4.69) is 62.8 Å². The number of carbonyl (C=O) groups is 2. The van der Waals surface area contributed by atoms with Gasteiger partial charge in [0.2, 0.25) is 0 Å². The number of aromatic amines is 1. The summed E-state index contributed by atoms with van der Waals surface area (Å²) in [5.74, 6) is 0.